The Kier molecular flexibility index (Phi) is 5.50. The molecule has 2 nitrogen and oxygen atoms in total. The SMILES string of the molecule is CCCCCCCC1(C)C[C@H](N)c2cc(Br)ccc2O1. The molecule has 2 N–H and O–H groups in total. The summed E-state index contributed by atoms with van der Waals surface area (Å²) in [5.74, 6) is 0.961. The first-order valence-corrected chi connectivity index (χ1v) is 8.57. The van der Waals surface area contributed by atoms with Crippen molar-refractivity contribution in [3.63, 3.8) is 0 Å². The Labute approximate surface area is 131 Å². The summed E-state index contributed by atoms with van der Waals surface area (Å²) >= 11 is 3.50. The average Bonchev–Trinajstić information content (AvgIpc) is 2.39. The summed E-state index contributed by atoms with van der Waals surface area (Å²) in [6.07, 6.45) is 8.51. The third-order valence-corrected chi connectivity index (χ3v) is 4.68. The average molecular weight is 340 g/mol. The van der Waals surface area contributed by atoms with Gasteiger partial charge >= 0.3 is 0 Å². The van der Waals surface area contributed by atoms with E-state index in [-0.39, 0.29) is 11.6 Å². The Hall–Kier alpha value is -0.540. The Morgan fingerprint density at radius 3 is 2.80 bits per heavy atom. The van der Waals surface area contributed by atoms with Gasteiger partial charge in [0.2, 0.25) is 0 Å². The lowest BCUT2D eigenvalue weighted by Crippen LogP contribution is -2.40. The van der Waals surface area contributed by atoms with Gasteiger partial charge in [0.05, 0.1) is 0 Å². The van der Waals surface area contributed by atoms with Crippen molar-refractivity contribution in [2.24, 2.45) is 5.73 Å². The fourth-order valence-electron chi connectivity index (χ4n) is 3.04. The van der Waals surface area contributed by atoms with Crippen LogP contribution in [0.15, 0.2) is 22.7 Å². The number of benzene rings is 1. The van der Waals surface area contributed by atoms with Crippen LogP contribution in [-0.2, 0) is 0 Å². The van der Waals surface area contributed by atoms with Gasteiger partial charge in [-0.05, 0) is 38.0 Å². The Bertz CT molecular complexity index is 449. The van der Waals surface area contributed by atoms with E-state index in [0.29, 0.717) is 0 Å². The Morgan fingerprint density at radius 2 is 2.05 bits per heavy atom. The van der Waals surface area contributed by atoms with Crippen molar-refractivity contribution in [3.8, 4) is 5.75 Å². The van der Waals surface area contributed by atoms with Crippen LogP contribution in [-0.4, -0.2) is 5.60 Å². The second-order valence-corrected chi connectivity index (χ2v) is 7.12. The number of fused-ring (bicyclic) bond motifs is 1. The molecule has 1 unspecified atom stereocenters. The van der Waals surface area contributed by atoms with Crippen molar-refractivity contribution in [2.75, 3.05) is 0 Å². The molecule has 0 saturated heterocycles. The monoisotopic (exact) mass is 339 g/mol. The summed E-state index contributed by atoms with van der Waals surface area (Å²) in [5, 5.41) is 0. The van der Waals surface area contributed by atoms with Gasteiger partial charge in [0, 0.05) is 22.5 Å². The van der Waals surface area contributed by atoms with Gasteiger partial charge in [0.1, 0.15) is 11.4 Å². The zero-order valence-electron chi connectivity index (χ0n) is 12.6. The summed E-state index contributed by atoms with van der Waals surface area (Å²) in [6, 6.07) is 6.23. The molecule has 20 heavy (non-hydrogen) atoms. The van der Waals surface area contributed by atoms with Gasteiger partial charge in [-0.2, -0.15) is 0 Å². The number of unbranched alkanes of at least 4 members (excludes halogenated alkanes) is 4. The summed E-state index contributed by atoms with van der Waals surface area (Å²) in [5.41, 5.74) is 7.36. The van der Waals surface area contributed by atoms with Crippen LogP contribution in [0.1, 0.15) is 70.4 Å². The van der Waals surface area contributed by atoms with Crippen LogP contribution < -0.4 is 10.5 Å². The van der Waals surface area contributed by atoms with E-state index in [1.165, 1.54) is 32.1 Å². The molecule has 0 bridgehead atoms. The molecule has 3 heteroatoms. The lowest BCUT2D eigenvalue weighted by Gasteiger charge is -2.39. The third-order valence-electron chi connectivity index (χ3n) is 4.19. The molecule has 2 atom stereocenters. The van der Waals surface area contributed by atoms with E-state index in [1.54, 1.807) is 0 Å². The molecule has 0 spiro atoms. The van der Waals surface area contributed by atoms with Crippen LogP contribution in [0.2, 0.25) is 0 Å². The largest absolute Gasteiger partial charge is 0.487 e. The predicted molar refractivity (Wildman–Crippen MR) is 88.1 cm³/mol. The zero-order valence-corrected chi connectivity index (χ0v) is 14.2. The van der Waals surface area contributed by atoms with Gasteiger partial charge in [-0.25, -0.2) is 0 Å². The van der Waals surface area contributed by atoms with Gasteiger partial charge < -0.3 is 10.5 Å². The first-order valence-electron chi connectivity index (χ1n) is 7.78. The van der Waals surface area contributed by atoms with E-state index in [1.807, 2.05) is 12.1 Å². The summed E-state index contributed by atoms with van der Waals surface area (Å²) in [6.45, 7) is 4.46. The first kappa shape index (κ1) is 15.8. The molecule has 0 aromatic heterocycles. The minimum atomic E-state index is -0.105. The van der Waals surface area contributed by atoms with Gasteiger partial charge in [-0.15, -0.1) is 0 Å². The number of ether oxygens (including phenoxy) is 1. The number of hydrogen-bond acceptors (Lipinski definition) is 2. The molecule has 112 valence electrons. The van der Waals surface area contributed by atoms with Gasteiger partial charge in [-0.1, -0.05) is 48.5 Å². The summed E-state index contributed by atoms with van der Waals surface area (Å²) in [7, 11) is 0. The summed E-state index contributed by atoms with van der Waals surface area (Å²) < 4.78 is 7.32. The van der Waals surface area contributed by atoms with Gasteiger partial charge in [0.25, 0.3) is 0 Å². The Balaban J connectivity index is 1.96. The number of nitrogens with two attached hydrogens (primary N) is 1. The lowest BCUT2D eigenvalue weighted by atomic mass is 9.85. The zero-order chi connectivity index (χ0) is 14.6. The van der Waals surface area contributed by atoms with Crippen molar-refractivity contribution in [2.45, 2.75) is 70.4 Å². The van der Waals surface area contributed by atoms with Crippen LogP contribution in [0.25, 0.3) is 0 Å². The fourth-order valence-corrected chi connectivity index (χ4v) is 3.42. The van der Waals surface area contributed by atoms with Crippen molar-refractivity contribution < 1.29 is 4.74 Å². The van der Waals surface area contributed by atoms with Crippen LogP contribution in [0.3, 0.4) is 0 Å². The normalized spacial score (nSPS) is 25.1. The van der Waals surface area contributed by atoms with Crippen molar-refractivity contribution in [3.05, 3.63) is 28.2 Å². The molecule has 1 aliphatic heterocycles. The standard InChI is InChI=1S/C17H26BrNO/c1-3-4-5-6-7-10-17(2)12-15(19)14-11-13(18)8-9-16(14)20-17/h8-9,11,15H,3-7,10,12,19H2,1-2H3/t15-,17?/m0/s1. The molecule has 1 aromatic carbocycles. The van der Waals surface area contributed by atoms with Crippen molar-refractivity contribution >= 4 is 15.9 Å². The smallest absolute Gasteiger partial charge is 0.124 e. The highest BCUT2D eigenvalue weighted by atomic mass is 79.9. The van der Waals surface area contributed by atoms with Crippen LogP contribution in [0.4, 0.5) is 0 Å². The van der Waals surface area contributed by atoms with Gasteiger partial charge in [0.15, 0.2) is 0 Å². The van der Waals surface area contributed by atoms with Gasteiger partial charge in [-0.3, -0.25) is 0 Å². The van der Waals surface area contributed by atoms with E-state index in [2.05, 4.69) is 35.8 Å². The highest BCUT2D eigenvalue weighted by molar-refractivity contribution is 9.10. The van der Waals surface area contributed by atoms with Crippen molar-refractivity contribution in [1.82, 2.24) is 0 Å². The summed E-state index contributed by atoms with van der Waals surface area (Å²) in [4.78, 5) is 0. The molecule has 1 aromatic rings. The molecule has 1 heterocycles. The van der Waals surface area contributed by atoms with E-state index in [4.69, 9.17) is 10.5 Å². The Morgan fingerprint density at radius 1 is 1.30 bits per heavy atom. The fraction of sp³-hybridized carbons (Fsp3) is 0.647. The van der Waals surface area contributed by atoms with Crippen LogP contribution in [0, 0.1) is 0 Å². The maximum atomic E-state index is 6.34. The molecule has 0 saturated carbocycles. The third kappa shape index (κ3) is 3.98. The topological polar surface area (TPSA) is 35.2 Å². The first-order chi connectivity index (χ1) is 9.54. The minimum Gasteiger partial charge on any atom is -0.487 e. The molecule has 0 radical (unpaired) electrons. The van der Waals surface area contributed by atoms with Crippen molar-refractivity contribution in [1.29, 1.82) is 0 Å². The maximum absolute atomic E-state index is 6.34. The van der Waals surface area contributed by atoms with Crippen LogP contribution >= 0.6 is 15.9 Å². The van der Waals surface area contributed by atoms with E-state index in [0.717, 1.165) is 28.6 Å². The lowest BCUT2D eigenvalue weighted by molar-refractivity contribution is 0.0429. The molecular formula is C17H26BrNO. The maximum Gasteiger partial charge on any atom is 0.124 e. The highest BCUT2D eigenvalue weighted by Crippen LogP contribution is 2.41. The van der Waals surface area contributed by atoms with Crippen LogP contribution in [0.5, 0.6) is 5.75 Å². The number of halogens is 1. The minimum absolute atomic E-state index is 0.0805. The highest BCUT2D eigenvalue weighted by Gasteiger charge is 2.35. The molecule has 2 rings (SSSR count). The number of hydrogen-bond donors (Lipinski definition) is 1. The molecular weight excluding hydrogens is 314 g/mol. The second-order valence-electron chi connectivity index (χ2n) is 6.21. The van der Waals surface area contributed by atoms with E-state index < -0.39 is 0 Å². The van der Waals surface area contributed by atoms with E-state index in [9.17, 15) is 0 Å². The second kappa shape index (κ2) is 6.95. The molecule has 1 aliphatic rings. The molecule has 0 fully saturated rings. The number of rotatable bonds is 6. The molecule has 0 amide bonds. The molecule has 0 aliphatic carbocycles. The van der Waals surface area contributed by atoms with E-state index >= 15 is 0 Å². The quantitative estimate of drug-likeness (QED) is 0.709. The predicted octanol–water partition coefficient (Wildman–Crippen LogP) is 5.35.